The highest BCUT2D eigenvalue weighted by molar-refractivity contribution is 14.2. The molecular weight excluding hydrogens is 309 g/mol. The molecule has 0 bridgehead atoms. The minimum Gasteiger partial charge on any atom is -0.382 e. The maximum Gasteiger partial charge on any atom is 0.143 e. The van der Waals surface area contributed by atoms with Crippen LogP contribution in [0.4, 0.5) is 0 Å². The van der Waals surface area contributed by atoms with Gasteiger partial charge in [0.2, 0.25) is 0 Å². The number of allylic oxidation sites excluding steroid dienone is 1. The van der Waals surface area contributed by atoms with E-state index in [4.69, 9.17) is 11.0 Å². The van der Waals surface area contributed by atoms with E-state index >= 15 is 0 Å². The molecule has 52 valence electrons. The average Bonchev–Trinajstić information content (AvgIpc) is 1.95. The fraction of sp³-hybridized carbons (Fsp3) is 0. The number of rotatable bonds is 0. The topological polar surface area (TPSA) is 62.2 Å². The van der Waals surface area contributed by atoms with Gasteiger partial charge in [0.1, 0.15) is 15.5 Å². The van der Waals surface area contributed by atoms with Crippen LogP contribution in [0.25, 0.3) is 0 Å². The highest BCUT2D eigenvalue weighted by Crippen LogP contribution is 2.21. The Labute approximate surface area is 76.5 Å². The molecule has 2 N–H and O–H groups in total. The van der Waals surface area contributed by atoms with Crippen LogP contribution >= 0.6 is 36.7 Å². The number of nitriles is 1. The Bertz CT molecular complexity index is 284. The van der Waals surface area contributed by atoms with E-state index < -0.39 is 0 Å². The number of hydrogen-bond donors (Lipinski definition) is 1. The monoisotopic (exact) mass is 311 g/mol. The normalized spacial score (nSPS) is 17.4. The van der Waals surface area contributed by atoms with Gasteiger partial charge in [0, 0.05) is 0 Å². The maximum absolute atomic E-state index is 8.46. The quantitative estimate of drug-likeness (QED) is 0.684. The zero-order valence-electron chi connectivity index (χ0n) is 4.81. The molecule has 0 amide bonds. The second-order valence-corrected chi connectivity index (χ2v) is 6.51. The predicted molar refractivity (Wildman–Crippen MR) is 53.3 cm³/mol. The largest absolute Gasteiger partial charge is 0.382 e. The van der Waals surface area contributed by atoms with Crippen molar-refractivity contribution in [3.8, 4) is 6.07 Å². The molecule has 1 rings (SSSR count). The highest BCUT2D eigenvalue weighted by Gasteiger charge is 2.04. The van der Waals surface area contributed by atoms with Gasteiger partial charge in [-0.25, -0.2) is 4.99 Å². The molecule has 1 aliphatic rings. The van der Waals surface area contributed by atoms with E-state index in [-0.39, 0.29) is 20.7 Å². The average molecular weight is 312 g/mol. The minimum absolute atomic E-state index is 0.377. The first-order valence-corrected chi connectivity index (χ1v) is 5.30. The minimum atomic E-state index is -0.377. The van der Waals surface area contributed by atoms with E-state index in [0.717, 1.165) is 6.00 Å². The van der Waals surface area contributed by atoms with Crippen LogP contribution in [0.3, 0.4) is 0 Å². The fourth-order valence-electron chi connectivity index (χ4n) is 0.387. The smallest absolute Gasteiger partial charge is 0.143 e. The summed E-state index contributed by atoms with van der Waals surface area (Å²) < 4.78 is 1.63. The Hall–Kier alpha value is -0.220. The van der Waals surface area contributed by atoms with E-state index in [9.17, 15) is 0 Å². The van der Waals surface area contributed by atoms with Crippen LogP contribution in [0.5, 0.6) is 0 Å². The highest BCUT2D eigenvalue weighted by atomic mass is 127. The van der Waals surface area contributed by atoms with E-state index in [1.165, 1.54) is 6.20 Å². The summed E-state index contributed by atoms with van der Waals surface area (Å²) in [7, 11) is 0. The van der Waals surface area contributed by atoms with Gasteiger partial charge in [-0.05, 0) is 15.9 Å². The standard InChI is InChI=1S/C5H3BrIN3/c6-4-5(9)10-2-3(1-8)7-4/h2H,(H2,9,10). The molecular formula is C5H3BrIN3. The molecule has 0 atom stereocenters. The number of amidine groups is 1. The lowest BCUT2D eigenvalue weighted by Gasteiger charge is -1.99. The molecule has 0 saturated heterocycles. The van der Waals surface area contributed by atoms with Crippen molar-refractivity contribution in [3.05, 3.63) is 9.78 Å². The number of nitrogens with two attached hydrogens (primary N) is 1. The molecule has 0 spiro atoms. The van der Waals surface area contributed by atoms with Crippen LogP contribution in [-0.4, -0.2) is 8.25 Å². The first kappa shape index (κ1) is 7.88. The van der Waals surface area contributed by atoms with Crippen molar-refractivity contribution in [3.63, 3.8) is 0 Å². The Kier molecular flexibility index (Phi) is 2.56. The summed E-state index contributed by atoms with van der Waals surface area (Å²) in [6, 6.07) is 2.05. The van der Waals surface area contributed by atoms with Crippen LogP contribution < -0.4 is 5.73 Å². The molecule has 0 saturated carbocycles. The fourth-order valence-corrected chi connectivity index (χ4v) is 2.90. The van der Waals surface area contributed by atoms with Crippen LogP contribution in [0.15, 0.2) is 14.8 Å². The number of aliphatic imine (C=N–C) groups is 1. The van der Waals surface area contributed by atoms with Crippen molar-refractivity contribution in [1.29, 1.82) is 5.26 Å². The molecule has 10 heavy (non-hydrogen) atoms. The van der Waals surface area contributed by atoms with Crippen molar-refractivity contribution in [2.24, 2.45) is 10.7 Å². The zero-order valence-corrected chi connectivity index (χ0v) is 8.55. The lowest BCUT2D eigenvalue weighted by Crippen LogP contribution is -2.18. The molecule has 1 aliphatic heterocycles. The van der Waals surface area contributed by atoms with Crippen molar-refractivity contribution < 1.29 is 0 Å². The molecule has 1 heterocycles. The third-order valence-corrected chi connectivity index (χ3v) is 4.34. The summed E-state index contributed by atoms with van der Waals surface area (Å²) in [5.41, 5.74) is 5.43. The van der Waals surface area contributed by atoms with Gasteiger partial charge in [-0.1, -0.05) is 20.7 Å². The van der Waals surface area contributed by atoms with Crippen molar-refractivity contribution >= 4 is 44.9 Å². The molecule has 0 aromatic heterocycles. The van der Waals surface area contributed by atoms with Gasteiger partial charge in [0.15, 0.2) is 0 Å². The van der Waals surface area contributed by atoms with Crippen LogP contribution in [0, 0.1) is 11.3 Å². The molecule has 0 aromatic carbocycles. The Balaban J connectivity index is 3.03. The summed E-state index contributed by atoms with van der Waals surface area (Å²) in [6.45, 7) is 0. The zero-order chi connectivity index (χ0) is 7.56. The number of nitrogens with zero attached hydrogens (tertiary/aromatic N) is 2. The van der Waals surface area contributed by atoms with Crippen molar-refractivity contribution in [2.45, 2.75) is 0 Å². The number of hydrogen-bond acceptors (Lipinski definition) is 3. The van der Waals surface area contributed by atoms with Crippen LogP contribution in [0.2, 0.25) is 0 Å². The lowest BCUT2D eigenvalue weighted by molar-refractivity contribution is 1.49. The van der Waals surface area contributed by atoms with E-state index in [0.29, 0.717) is 5.84 Å². The molecule has 0 unspecified atom stereocenters. The summed E-state index contributed by atoms with van der Waals surface area (Å²) in [5.74, 6) is 0.506. The predicted octanol–water partition coefficient (Wildman–Crippen LogP) is 1.22. The third-order valence-electron chi connectivity index (χ3n) is 0.802. The lowest BCUT2D eigenvalue weighted by atomic mass is 10.6. The summed E-state index contributed by atoms with van der Waals surface area (Å²) in [4.78, 5) is 3.82. The van der Waals surface area contributed by atoms with Crippen LogP contribution in [-0.2, 0) is 0 Å². The third kappa shape index (κ3) is 1.64. The van der Waals surface area contributed by atoms with Gasteiger partial charge < -0.3 is 5.73 Å². The van der Waals surface area contributed by atoms with Gasteiger partial charge in [-0.15, -0.1) is 0 Å². The molecule has 5 heteroatoms. The molecule has 0 radical (unpaired) electrons. The number of halogens is 2. The van der Waals surface area contributed by atoms with E-state index in [2.05, 4.69) is 27.0 Å². The van der Waals surface area contributed by atoms with E-state index in [1.807, 2.05) is 0 Å². The Morgan fingerprint density at radius 1 is 1.80 bits per heavy atom. The van der Waals surface area contributed by atoms with E-state index in [1.54, 1.807) is 0 Å². The van der Waals surface area contributed by atoms with Crippen molar-refractivity contribution in [1.82, 2.24) is 0 Å². The summed E-state index contributed by atoms with van der Waals surface area (Å²) >= 11 is 2.88. The van der Waals surface area contributed by atoms with Gasteiger partial charge >= 0.3 is 0 Å². The Morgan fingerprint density at radius 3 is 3.00 bits per heavy atom. The SMILES string of the molecule is N#CC1=CN=C(N)C(Br)=I1. The molecule has 3 nitrogen and oxygen atoms in total. The molecule has 0 aromatic rings. The Morgan fingerprint density at radius 2 is 2.50 bits per heavy atom. The molecule has 0 aliphatic carbocycles. The first-order valence-electron chi connectivity index (χ1n) is 2.35. The van der Waals surface area contributed by atoms with Gasteiger partial charge in [-0.3, -0.25) is 0 Å². The van der Waals surface area contributed by atoms with Crippen LogP contribution in [0.1, 0.15) is 0 Å². The molecule has 0 fully saturated rings. The maximum atomic E-state index is 8.46. The summed E-state index contributed by atoms with van der Waals surface area (Å²) in [5, 5.41) is 8.46. The van der Waals surface area contributed by atoms with Gasteiger partial charge in [0.25, 0.3) is 0 Å². The van der Waals surface area contributed by atoms with Gasteiger partial charge in [-0.2, -0.15) is 5.26 Å². The first-order chi connectivity index (χ1) is 4.74. The second kappa shape index (κ2) is 3.25. The van der Waals surface area contributed by atoms with Crippen molar-refractivity contribution in [2.75, 3.05) is 0 Å². The summed E-state index contributed by atoms with van der Waals surface area (Å²) in [6.07, 6.45) is 1.54. The second-order valence-electron chi connectivity index (χ2n) is 1.46. The van der Waals surface area contributed by atoms with Gasteiger partial charge in [0.05, 0.1) is 8.62 Å².